The van der Waals surface area contributed by atoms with Crippen molar-refractivity contribution in [3.05, 3.63) is 65.8 Å². The molecule has 5 aromatic rings. The Balaban J connectivity index is 1.07. The third-order valence-corrected chi connectivity index (χ3v) is 8.16. The van der Waals surface area contributed by atoms with Crippen LogP contribution in [0.5, 0.6) is 5.75 Å². The molecule has 11 heteroatoms. The Labute approximate surface area is 229 Å². The number of carbonyl (C=O) groups is 1. The highest BCUT2D eigenvalue weighted by Gasteiger charge is 2.42. The van der Waals surface area contributed by atoms with Crippen LogP contribution in [0.3, 0.4) is 0 Å². The van der Waals surface area contributed by atoms with Crippen molar-refractivity contribution >= 4 is 39.9 Å². The zero-order valence-corrected chi connectivity index (χ0v) is 22.1. The molecule has 2 aliphatic rings. The quantitative estimate of drug-likeness (QED) is 0.327. The van der Waals surface area contributed by atoms with E-state index in [2.05, 4.69) is 42.6 Å². The molecule has 39 heavy (non-hydrogen) atoms. The molecule has 2 fully saturated rings. The maximum absolute atomic E-state index is 12.7. The van der Waals surface area contributed by atoms with Gasteiger partial charge in [-0.2, -0.15) is 5.10 Å². The summed E-state index contributed by atoms with van der Waals surface area (Å²) in [5, 5.41) is 16.2. The van der Waals surface area contributed by atoms with Crippen molar-refractivity contribution < 1.29 is 9.53 Å². The predicted octanol–water partition coefficient (Wildman–Crippen LogP) is 4.36. The van der Waals surface area contributed by atoms with Crippen LogP contribution in [0, 0.1) is 11.8 Å². The average Bonchev–Trinajstić information content (AvgIpc) is 3.69. The largest absolute Gasteiger partial charge is 0.492 e. The molecular formula is C28H27ClN8O2. The van der Waals surface area contributed by atoms with Crippen LogP contribution in [0.25, 0.3) is 27.7 Å². The van der Waals surface area contributed by atoms with Gasteiger partial charge in [0.2, 0.25) is 0 Å². The molecule has 1 saturated heterocycles. The summed E-state index contributed by atoms with van der Waals surface area (Å²) in [5.74, 6) is 2.54. The van der Waals surface area contributed by atoms with Gasteiger partial charge in [-0.15, -0.1) is 5.10 Å². The summed E-state index contributed by atoms with van der Waals surface area (Å²) in [4.78, 5) is 24.0. The Morgan fingerprint density at radius 2 is 2.03 bits per heavy atom. The van der Waals surface area contributed by atoms with Gasteiger partial charge in [-0.3, -0.25) is 9.89 Å². The molecule has 1 aliphatic carbocycles. The smallest absolute Gasteiger partial charge is 0.271 e. The minimum atomic E-state index is -0.201. The maximum Gasteiger partial charge on any atom is 0.271 e. The van der Waals surface area contributed by atoms with Gasteiger partial charge in [0.15, 0.2) is 5.65 Å². The van der Waals surface area contributed by atoms with Crippen molar-refractivity contribution in [2.75, 3.05) is 24.6 Å². The van der Waals surface area contributed by atoms with Gasteiger partial charge in [0.05, 0.1) is 34.9 Å². The number of H-pyrrole nitrogens is 1. The summed E-state index contributed by atoms with van der Waals surface area (Å²) in [7, 11) is 0. The normalized spacial score (nSPS) is 20.6. The average molecular weight is 543 g/mol. The second-order valence-corrected chi connectivity index (χ2v) is 10.7. The van der Waals surface area contributed by atoms with E-state index in [4.69, 9.17) is 21.3 Å². The van der Waals surface area contributed by atoms with E-state index < -0.39 is 0 Å². The minimum Gasteiger partial charge on any atom is -0.492 e. The molecule has 10 nitrogen and oxygen atoms in total. The lowest BCUT2D eigenvalue weighted by Gasteiger charge is -2.21. The molecule has 5 aromatic heterocycles. The molecule has 0 bridgehead atoms. The number of anilines is 1. The lowest BCUT2D eigenvalue weighted by atomic mass is 10.0. The highest BCUT2D eigenvalue weighted by molar-refractivity contribution is 6.33. The molecule has 0 aromatic carbocycles. The van der Waals surface area contributed by atoms with Crippen LogP contribution in [0.4, 0.5) is 5.82 Å². The molecule has 2 N–H and O–H groups in total. The van der Waals surface area contributed by atoms with E-state index in [1.807, 2.05) is 29.9 Å². The monoisotopic (exact) mass is 542 g/mol. The van der Waals surface area contributed by atoms with Crippen LogP contribution in [0.15, 0.2) is 55.1 Å². The molecule has 1 saturated carbocycles. The van der Waals surface area contributed by atoms with E-state index in [1.165, 1.54) is 0 Å². The topological polar surface area (TPSA) is 113 Å². The number of hydrogen-bond donors (Lipinski definition) is 2. The molecule has 2 unspecified atom stereocenters. The Morgan fingerprint density at radius 3 is 2.77 bits per heavy atom. The van der Waals surface area contributed by atoms with Gasteiger partial charge in [-0.05, 0) is 61.9 Å². The molecule has 7 rings (SSSR count). The standard InChI is InChI=1S/C28H27ClN8O2/c1-2-39-20-10-21(26-22-12-32-34-27(22)35-37(26)15-20)16-5-6-24(31-11-16)36-13-17-8-19(9-18(17)14-36)33-28(38)25-23(29)4-3-7-30-25/h3-7,10-12,15,17-19H,2,8-9,13-14H2,1H3,(H,33,38)(H,34,35). The zero-order chi connectivity index (χ0) is 26.5. The first-order valence-electron chi connectivity index (χ1n) is 13.2. The number of aromatic amines is 1. The zero-order valence-electron chi connectivity index (χ0n) is 21.3. The number of fused-ring (bicyclic) bond motifs is 4. The van der Waals surface area contributed by atoms with Crippen molar-refractivity contribution in [3.8, 4) is 16.9 Å². The summed E-state index contributed by atoms with van der Waals surface area (Å²) in [6, 6.07) is 9.79. The van der Waals surface area contributed by atoms with E-state index in [0.29, 0.717) is 23.5 Å². The first-order valence-corrected chi connectivity index (χ1v) is 13.6. The van der Waals surface area contributed by atoms with Crippen LogP contribution < -0.4 is 15.0 Å². The number of ether oxygens (including phenoxy) is 1. The summed E-state index contributed by atoms with van der Waals surface area (Å²) >= 11 is 6.15. The Morgan fingerprint density at radius 1 is 1.18 bits per heavy atom. The van der Waals surface area contributed by atoms with Crippen LogP contribution in [0.1, 0.15) is 30.3 Å². The summed E-state index contributed by atoms with van der Waals surface area (Å²) in [6.45, 7) is 4.39. The molecule has 0 radical (unpaired) electrons. The van der Waals surface area contributed by atoms with Crippen molar-refractivity contribution in [3.63, 3.8) is 0 Å². The fraction of sp³-hybridized carbons (Fsp3) is 0.321. The number of aromatic nitrogens is 6. The van der Waals surface area contributed by atoms with E-state index in [9.17, 15) is 4.79 Å². The number of halogens is 1. The number of rotatable bonds is 6. The second kappa shape index (κ2) is 9.53. The van der Waals surface area contributed by atoms with Gasteiger partial charge in [0.1, 0.15) is 17.3 Å². The van der Waals surface area contributed by atoms with Crippen molar-refractivity contribution in [1.82, 2.24) is 35.1 Å². The summed E-state index contributed by atoms with van der Waals surface area (Å²) in [5.41, 5.74) is 3.97. The van der Waals surface area contributed by atoms with Gasteiger partial charge >= 0.3 is 0 Å². The number of amides is 1. The van der Waals surface area contributed by atoms with Crippen LogP contribution >= 0.6 is 11.6 Å². The molecule has 2 atom stereocenters. The second-order valence-electron chi connectivity index (χ2n) is 10.3. The highest BCUT2D eigenvalue weighted by Crippen LogP contribution is 2.40. The Hall–Kier alpha value is -4.18. The number of nitrogens with zero attached hydrogens (tertiary/aromatic N) is 6. The van der Waals surface area contributed by atoms with Gasteiger partial charge in [0.25, 0.3) is 5.91 Å². The first kappa shape index (κ1) is 23.9. The molecule has 1 aliphatic heterocycles. The predicted molar refractivity (Wildman–Crippen MR) is 148 cm³/mol. The van der Waals surface area contributed by atoms with Gasteiger partial charge in [-0.25, -0.2) is 14.5 Å². The molecule has 198 valence electrons. The van der Waals surface area contributed by atoms with Crippen LogP contribution in [-0.4, -0.2) is 61.4 Å². The highest BCUT2D eigenvalue weighted by atomic mass is 35.5. The maximum atomic E-state index is 12.7. The fourth-order valence-corrected chi connectivity index (χ4v) is 6.36. The third-order valence-electron chi connectivity index (χ3n) is 7.86. The van der Waals surface area contributed by atoms with Crippen molar-refractivity contribution in [2.45, 2.75) is 25.8 Å². The minimum absolute atomic E-state index is 0.137. The Bertz CT molecular complexity index is 1670. The number of nitrogens with one attached hydrogen (secondary N) is 2. The van der Waals surface area contributed by atoms with E-state index in [-0.39, 0.29) is 17.6 Å². The summed E-state index contributed by atoms with van der Waals surface area (Å²) in [6.07, 6.45) is 9.09. The van der Waals surface area contributed by atoms with Crippen LogP contribution in [-0.2, 0) is 0 Å². The van der Waals surface area contributed by atoms with E-state index in [1.54, 1.807) is 24.5 Å². The third kappa shape index (κ3) is 4.24. The lowest BCUT2D eigenvalue weighted by Crippen LogP contribution is -2.35. The Kier molecular flexibility index (Phi) is 5.84. The number of hydrogen-bond acceptors (Lipinski definition) is 7. The van der Waals surface area contributed by atoms with Crippen molar-refractivity contribution in [1.29, 1.82) is 0 Å². The van der Waals surface area contributed by atoms with Gasteiger partial charge in [0, 0.05) is 42.7 Å². The van der Waals surface area contributed by atoms with Crippen molar-refractivity contribution in [2.24, 2.45) is 11.8 Å². The first-order chi connectivity index (χ1) is 19.1. The number of pyridine rings is 3. The molecule has 1 amide bonds. The van der Waals surface area contributed by atoms with E-state index in [0.717, 1.165) is 65.2 Å². The van der Waals surface area contributed by atoms with Gasteiger partial charge in [-0.1, -0.05) is 11.6 Å². The molecule has 6 heterocycles. The fourth-order valence-electron chi connectivity index (χ4n) is 6.15. The summed E-state index contributed by atoms with van der Waals surface area (Å²) < 4.78 is 7.65. The lowest BCUT2D eigenvalue weighted by molar-refractivity contribution is 0.0931. The molecule has 0 spiro atoms. The SMILES string of the molecule is CCOc1cc(-c2ccc(N3CC4CC(NC(=O)c5ncccc5Cl)CC4C3)nc2)c2c3cn[nH]c3nn2c1. The molecular weight excluding hydrogens is 516 g/mol. The van der Waals surface area contributed by atoms with Gasteiger partial charge < -0.3 is 15.0 Å². The van der Waals surface area contributed by atoms with Crippen LogP contribution in [0.2, 0.25) is 5.02 Å². The number of carbonyl (C=O) groups excluding carboxylic acids is 1. The van der Waals surface area contributed by atoms with E-state index >= 15 is 0 Å².